The third kappa shape index (κ3) is 2.83. The van der Waals surface area contributed by atoms with Gasteiger partial charge in [-0.1, -0.05) is 19.9 Å². The lowest BCUT2D eigenvalue weighted by molar-refractivity contribution is -0.119. The van der Waals surface area contributed by atoms with Crippen molar-refractivity contribution in [3.05, 3.63) is 29.6 Å². The Morgan fingerprint density at radius 3 is 2.86 bits per heavy atom. The van der Waals surface area contributed by atoms with E-state index in [4.69, 9.17) is 0 Å². The van der Waals surface area contributed by atoms with E-state index in [1.165, 1.54) is 6.92 Å². The fourth-order valence-corrected chi connectivity index (χ4v) is 1.34. The van der Waals surface area contributed by atoms with Crippen LogP contribution < -0.4 is 5.32 Å². The standard InChI is InChI=1S/C11H16N2O/c1-8(2)11-10(5-4-6-12-11)7-13-9(3)14/h4-6,8H,7H2,1-3H3,(H,13,14). The van der Waals surface area contributed by atoms with Crippen LogP contribution in [0.15, 0.2) is 18.3 Å². The molecule has 0 bridgehead atoms. The first-order valence-corrected chi connectivity index (χ1v) is 4.79. The molecule has 0 aliphatic heterocycles. The van der Waals surface area contributed by atoms with Gasteiger partial charge in [-0.25, -0.2) is 0 Å². The monoisotopic (exact) mass is 192 g/mol. The van der Waals surface area contributed by atoms with Crippen LogP contribution in [0.3, 0.4) is 0 Å². The van der Waals surface area contributed by atoms with E-state index in [0.29, 0.717) is 12.5 Å². The Kier molecular flexibility index (Phi) is 3.63. The van der Waals surface area contributed by atoms with Crippen LogP contribution in [-0.4, -0.2) is 10.9 Å². The number of nitrogens with one attached hydrogen (secondary N) is 1. The number of aromatic nitrogens is 1. The predicted molar refractivity (Wildman–Crippen MR) is 55.8 cm³/mol. The summed E-state index contributed by atoms with van der Waals surface area (Å²) in [4.78, 5) is 15.1. The van der Waals surface area contributed by atoms with Gasteiger partial charge in [0.1, 0.15) is 0 Å². The second kappa shape index (κ2) is 4.74. The molecule has 1 N–H and O–H groups in total. The smallest absolute Gasteiger partial charge is 0.217 e. The Balaban J connectivity index is 2.79. The molecule has 0 atom stereocenters. The first-order chi connectivity index (χ1) is 6.61. The minimum Gasteiger partial charge on any atom is -0.352 e. The Morgan fingerprint density at radius 1 is 1.57 bits per heavy atom. The molecule has 3 nitrogen and oxygen atoms in total. The van der Waals surface area contributed by atoms with Crippen LogP contribution in [0.1, 0.15) is 37.9 Å². The van der Waals surface area contributed by atoms with Crippen molar-refractivity contribution in [3.63, 3.8) is 0 Å². The van der Waals surface area contributed by atoms with E-state index in [1.807, 2.05) is 12.1 Å². The second-order valence-electron chi connectivity index (χ2n) is 3.61. The quantitative estimate of drug-likeness (QED) is 0.794. The van der Waals surface area contributed by atoms with Gasteiger partial charge in [-0.2, -0.15) is 0 Å². The number of carbonyl (C=O) groups excluding carboxylic acids is 1. The molecule has 1 amide bonds. The van der Waals surface area contributed by atoms with E-state index in [-0.39, 0.29) is 5.91 Å². The largest absolute Gasteiger partial charge is 0.352 e. The van der Waals surface area contributed by atoms with Crippen LogP contribution in [0.25, 0.3) is 0 Å². The first-order valence-electron chi connectivity index (χ1n) is 4.79. The van der Waals surface area contributed by atoms with Crippen molar-refractivity contribution < 1.29 is 4.79 Å². The van der Waals surface area contributed by atoms with Crippen molar-refractivity contribution >= 4 is 5.91 Å². The van der Waals surface area contributed by atoms with Crippen molar-refractivity contribution in [2.45, 2.75) is 33.2 Å². The molecular weight excluding hydrogens is 176 g/mol. The van der Waals surface area contributed by atoms with Crippen molar-refractivity contribution in [3.8, 4) is 0 Å². The van der Waals surface area contributed by atoms with E-state index in [2.05, 4.69) is 24.1 Å². The molecule has 1 aromatic heterocycles. The number of amides is 1. The normalized spacial score (nSPS) is 10.3. The van der Waals surface area contributed by atoms with Gasteiger partial charge in [-0.05, 0) is 17.5 Å². The van der Waals surface area contributed by atoms with Gasteiger partial charge < -0.3 is 5.32 Å². The van der Waals surface area contributed by atoms with Crippen LogP contribution in [0, 0.1) is 0 Å². The van der Waals surface area contributed by atoms with Gasteiger partial charge in [0, 0.05) is 25.4 Å². The average molecular weight is 192 g/mol. The molecule has 1 rings (SSSR count). The number of nitrogens with zero attached hydrogens (tertiary/aromatic N) is 1. The summed E-state index contributed by atoms with van der Waals surface area (Å²) in [5.74, 6) is 0.378. The van der Waals surface area contributed by atoms with Crippen molar-refractivity contribution in [1.29, 1.82) is 0 Å². The van der Waals surface area contributed by atoms with Crippen LogP contribution >= 0.6 is 0 Å². The summed E-state index contributed by atoms with van der Waals surface area (Å²) in [7, 11) is 0. The number of hydrogen-bond donors (Lipinski definition) is 1. The third-order valence-electron chi connectivity index (χ3n) is 2.00. The molecule has 0 aliphatic rings. The lowest BCUT2D eigenvalue weighted by Crippen LogP contribution is -2.20. The molecule has 0 unspecified atom stereocenters. The highest BCUT2D eigenvalue weighted by Crippen LogP contribution is 2.15. The Bertz CT molecular complexity index is 321. The van der Waals surface area contributed by atoms with Gasteiger partial charge in [-0.3, -0.25) is 9.78 Å². The molecule has 3 heteroatoms. The second-order valence-corrected chi connectivity index (χ2v) is 3.61. The number of pyridine rings is 1. The molecule has 0 fully saturated rings. The molecule has 0 radical (unpaired) electrons. The van der Waals surface area contributed by atoms with Crippen LogP contribution in [0.4, 0.5) is 0 Å². The lowest BCUT2D eigenvalue weighted by Gasteiger charge is -2.11. The van der Waals surface area contributed by atoms with Crippen LogP contribution in [-0.2, 0) is 11.3 Å². The summed E-state index contributed by atoms with van der Waals surface area (Å²) in [6.07, 6.45) is 1.78. The van der Waals surface area contributed by atoms with Gasteiger partial charge in [0.05, 0.1) is 0 Å². The molecular formula is C11H16N2O. The summed E-state index contributed by atoms with van der Waals surface area (Å²) in [6.45, 7) is 6.28. The number of carbonyl (C=O) groups is 1. The molecule has 0 saturated carbocycles. The first kappa shape index (κ1) is 10.7. The Hall–Kier alpha value is -1.38. The maximum absolute atomic E-state index is 10.8. The predicted octanol–water partition coefficient (Wildman–Crippen LogP) is 1.84. The molecule has 76 valence electrons. The fourth-order valence-electron chi connectivity index (χ4n) is 1.34. The van der Waals surface area contributed by atoms with E-state index in [1.54, 1.807) is 6.20 Å². The average Bonchev–Trinajstić information content (AvgIpc) is 2.15. The highest BCUT2D eigenvalue weighted by Gasteiger charge is 2.06. The van der Waals surface area contributed by atoms with Gasteiger partial charge >= 0.3 is 0 Å². The summed E-state index contributed by atoms with van der Waals surface area (Å²) in [5.41, 5.74) is 2.15. The molecule has 0 spiro atoms. The number of hydrogen-bond acceptors (Lipinski definition) is 2. The summed E-state index contributed by atoms with van der Waals surface area (Å²) < 4.78 is 0. The minimum absolute atomic E-state index is 0.0106. The Labute approximate surface area is 84.6 Å². The van der Waals surface area contributed by atoms with E-state index in [9.17, 15) is 4.79 Å². The fraction of sp³-hybridized carbons (Fsp3) is 0.455. The van der Waals surface area contributed by atoms with Crippen molar-refractivity contribution in [1.82, 2.24) is 10.3 Å². The van der Waals surface area contributed by atoms with E-state index < -0.39 is 0 Å². The maximum Gasteiger partial charge on any atom is 0.217 e. The zero-order chi connectivity index (χ0) is 10.6. The lowest BCUT2D eigenvalue weighted by atomic mass is 10.0. The third-order valence-corrected chi connectivity index (χ3v) is 2.00. The zero-order valence-electron chi connectivity index (χ0n) is 8.87. The van der Waals surface area contributed by atoms with Gasteiger partial charge in [0.25, 0.3) is 0 Å². The molecule has 0 aliphatic carbocycles. The highest BCUT2D eigenvalue weighted by molar-refractivity contribution is 5.72. The van der Waals surface area contributed by atoms with Crippen molar-refractivity contribution in [2.24, 2.45) is 0 Å². The van der Waals surface area contributed by atoms with Gasteiger partial charge in [0.2, 0.25) is 5.91 Å². The SMILES string of the molecule is CC(=O)NCc1cccnc1C(C)C. The molecule has 0 saturated heterocycles. The highest BCUT2D eigenvalue weighted by atomic mass is 16.1. The summed E-state index contributed by atoms with van der Waals surface area (Å²) in [5, 5.41) is 2.78. The minimum atomic E-state index is -0.0106. The van der Waals surface area contributed by atoms with E-state index >= 15 is 0 Å². The Morgan fingerprint density at radius 2 is 2.29 bits per heavy atom. The maximum atomic E-state index is 10.8. The van der Waals surface area contributed by atoms with Crippen molar-refractivity contribution in [2.75, 3.05) is 0 Å². The molecule has 0 aromatic carbocycles. The van der Waals surface area contributed by atoms with E-state index in [0.717, 1.165) is 11.3 Å². The van der Waals surface area contributed by atoms with Gasteiger partial charge in [0.15, 0.2) is 0 Å². The molecule has 14 heavy (non-hydrogen) atoms. The molecule has 1 aromatic rings. The van der Waals surface area contributed by atoms with Gasteiger partial charge in [-0.15, -0.1) is 0 Å². The topological polar surface area (TPSA) is 42.0 Å². The zero-order valence-corrected chi connectivity index (χ0v) is 8.87. The molecule has 1 heterocycles. The summed E-state index contributed by atoms with van der Waals surface area (Å²) >= 11 is 0. The number of rotatable bonds is 3. The van der Waals surface area contributed by atoms with Crippen LogP contribution in [0.5, 0.6) is 0 Å². The van der Waals surface area contributed by atoms with Crippen LogP contribution in [0.2, 0.25) is 0 Å². The summed E-state index contributed by atoms with van der Waals surface area (Å²) in [6, 6.07) is 3.89.